The van der Waals surface area contributed by atoms with Crippen molar-refractivity contribution in [3.8, 4) is 11.8 Å². The number of nitrogens with zero attached hydrogens (tertiary/aromatic N) is 3. The Morgan fingerprint density at radius 1 is 1.21 bits per heavy atom. The fourth-order valence-corrected chi connectivity index (χ4v) is 4.22. The van der Waals surface area contributed by atoms with E-state index >= 15 is 0 Å². The average molecular weight is 427 g/mol. The second-order valence-corrected chi connectivity index (χ2v) is 8.74. The third kappa shape index (κ3) is 6.19. The lowest BCUT2D eigenvalue weighted by atomic mass is 10.1. The van der Waals surface area contributed by atoms with Crippen LogP contribution in [0, 0.1) is 25.2 Å². The minimum Gasteiger partial charge on any atom is -0.491 e. The Labute approximate surface area is 178 Å². The van der Waals surface area contributed by atoms with E-state index in [-0.39, 0.29) is 6.61 Å². The number of aryl methyl sites for hydroxylation is 1. The van der Waals surface area contributed by atoms with Crippen LogP contribution in [0.5, 0.6) is 5.75 Å². The van der Waals surface area contributed by atoms with Crippen LogP contribution in [-0.4, -0.2) is 33.8 Å². The molecule has 0 radical (unpaired) electrons. The van der Waals surface area contributed by atoms with Crippen LogP contribution in [0.15, 0.2) is 46.8 Å². The van der Waals surface area contributed by atoms with Gasteiger partial charge in [0.15, 0.2) is 4.34 Å². The summed E-state index contributed by atoms with van der Waals surface area (Å²) in [5.74, 6) is 1.14. The van der Waals surface area contributed by atoms with Crippen LogP contribution in [-0.2, 0) is 6.42 Å². The highest BCUT2D eigenvalue weighted by Gasteiger charge is 2.11. The third-order valence-corrected chi connectivity index (χ3v) is 6.42. The van der Waals surface area contributed by atoms with Crippen LogP contribution in [0.25, 0.3) is 0 Å². The lowest BCUT2D eigenvalue weighted by molar-refractivity contribution is 0.126. The van der Waals surface area contributed by atoms with Gasteiger partial charge in [-0.25, -0.2) is 0 Å². The molecule has 0 amide bonds. The summed E-state index contributed by atoms with van der Waals surface area (Å²) in [6.07, 6.45) is -0.250. The van der Waals surface area contributed by atoms with Gasteiger partial charge in [-0.3, -0.25) is 0 Å². The summed E-state index contributed by atoms with van der Waals surface area (Å²) < 4.78 is 6.40. The van der Waals surface area contributed by atoms with E-state index in [1.54, 1.807) is 0 Å². The third-order valence-electron chi connectivity index (χ3n) is 4.30. The minimum atomic E-state index is -0.627. The summed E-state index contributed by atoms with van der Waals surface area (Å²) in [4.78, 5) is 0. The first-order valence-electron chi connectivity index (χ1n) is 9.11. The van der Waals surface area contributed by atoms with Gasteiger partial charge in [-0.1, -0.05) is 47.4 Å². The van der Waals surface area contributed by atoms with E-state index in [4.69, 9.17) is 10.00 Å². The Morgan fingerprint density at radius 2 is 2.00 bits per heavy atom. The topological polar surface area (TPSA) is 91.1 Å². The molecule has 1 heterocycles. The number of ether oxygens (including phenoxy) is 1. The maximum atomic E-state index is 10.2. The maximum Gasteiger partial charge on any atom is 0.210 e. The molecule has 8 heteroatoms. The molecule has 1 unspecified atom stereocenters. The molecule has 2 aromatic carbocycles. The lowest BCUT2D eigenvalue weighted by Gasteiger charge is -2.11. The molecule has 0 aliphatic heterocycles. The fraction of sp³-hybridized carbons (Fsp3) is 0.286. The van der Waals surface area contributed by atoms with Crippen LogP contribution < -0.4 is 10.1 Å². The van der Waals surface area contributed by atoms with Crippen molar-refractivity contribution in [2.24, 2.45) is 0 Å². The molecular weight excluding hydrogens is 404 g/mol. The molecule has 0 aliphatic rings. The largest absolute Gasteiger partial charge is 0.491 e. The zero-order chi connectivity index (χ0) is 20.6. The number of aliphatic hydroxyl groups excluding tert-OH is 1. The van der Waals surface area contributed by atoms with Crippen molar-refractivity contribution in [2.45, 2.75) is 30.7 Å². The molecule has 1 aromatic heterocycles. The Bertz CT molecular complexity index is 983. The van der Waals surface area contributed by atoms with E-state index in [2.05, 4.69) is 41.5 Å². The Morgan fingerprint density at radius 3 is 2.76 bits per heavy atom. The van der Waals surface area contributed by atoms with E-state index < -0.39 is 6.10 Å². The van der Waals surface area contributed by atoms with Gasteiger partial charge >= 0.3 is 0 Å². The number of nitriles is 1. The molecule has 0 saturated heterocycles. The molecule has 0 bridgehead atoms. The smallest absolute Gasteiger partial charge is 0.210 e. The van der Waals surface area contributed by atoms with Crippen molar-refractivity contribution in [3.63, 3.8) is 0 Å². The Balaban J connectivity index is 1.45. The van der Waals surface area contributed by atoms with E-state index in [0.717, 1.165) is 20.7 Å². The highest BCUT2D eigenvalue weighted by atomic mass is 32.2. The van der Waals surface area contributed by atoms with Gasteiger partial charge in [0, 0.05) is 11.4 Å². The van der Waals surface area contributed by atoms with E-state index in [1.165, 1.54) is 34.2 Å². The number of rotatable bonds is 9. The quantitative estimate of drug-likeness (QED) is 0.487. The number of aliphatic hydroxyl groups is 1. The highest BCUT2D eigenvalue weighted by molar-refractivity contribution is 8.01. The zero-order valence-corrected chi connectivity index (χ0v) is 17.9. The van der Waals surface area contributed by atoms with Gasteiger partial charge in [0.05, 0.1) is 18.6 Å². The summed E-state index contributed by atoms with van der Waals surface area (Å²) in [5.41, 5.74) is 4.37. The summed E-state index contributed by atoms with van der Waals surface area (Å²) in [5, 5.41) is 31.2. The second-order valence-electron chi connectivity index (χ2n) is 6.50. The lowest BCUT2D eigenvalue weighted by Crippen LogP contribution is -2.20. The number of aromatic nitrogens is 2. The van der Waals surface area contributed by atoms with Gasteiger partial charge in [0.2, 0.25) is 5.13 Å². The number of anilines is 2. The molecule has 0 fully saturated rings. The summed E-state index contributed by atoms with van der Waals surface area (Å²) in [6.45, 7) is 4.34. The number of hydrogen-bond donors (Lipinski definition) is 2. The molecule has 150 valence electrons. The van der Waals surface area contributed by atoms with E-state index in [9.17, 15) is 5.11 Å². The first-order valence-corrected chi connectivity index (χ1v) is 10.9. The average Bonchev–Trinajstić information content (AvgIpc) is 3.17. The Kier molecular flexibility index (Phi) is 7.47. The van der Waals surface area contributed by atoms with Crippen molar-refractivity contribution in [1.29, 1.82) is 5.26 Å². The number of nitrogens with one attached hydrogen (secondary N) is 1. The first-order chi connectivity index (χ1) is 14.0. The molecule has 0 saturated carbocycles. The van der Waals surface area contributed by atoms with Crippen LogP contribution in [0.1, 0.15) is 16.7 Å². The van der Waals surface area contributed by atoms with Gasteiger partial charge in [-0.2, -0.15) is 5.26 Å². The van der Waals surface area contributed by atoms with Crippen LogP contribution in [0.3, 0.4) is 0 Å². The van der Waals surface area contributed by atoms with Crippen LogP contribution in [0.2, 0.25) is 0 Å². The number of thioether (sulfide) groups is 1. The fourth-order valence-electron chi connectivity index (χ4n) is 2.52. The van der Waals surface area contributed by atoms with Crippen LogP contribution in [0.4, 0.5) is 10.8 Å². The molecule has 2 N–H and O–H groups in total. The van der Waals surface area contributed by atoms with Gasteiger partial charge in [-0.15, -0.1) is 10.2 Å². The van der Waals surface area contributed by atoms with Crippen molar-refractivity contribution >= 4 is 33.9 Å². The monoisotopic (exact) mass is 426 g/mol. The first kappa shape index (κ1) is 21.1. The molecule has 1 atom stereocenters. The van der Waals surface area contributed by atoms with Crippen LogP contribution >= 0.6 is 23.1 Å². The molecule has 6 nitrogen and oxygen atoms in total. The molecule has 0 aliphatic carbocycles. The van der Waals surface area contributed by atoms with Gasteiger partial charge < -0.3 is 15.2 Å². The van der Waals surface area contributed by atoms with Gasteiger partial charge in [0.1, 0.15) is 12.4 Å². The van der Waals surface area contributed by atoms with E-state index in [1.807, 2.05) is 36.4 Å². The normalized spacial score (nSPS) is 11.7. The summed E-state index contributed by atoms with van der Waals surface area (Å²) in [7, 11) is 0. The molecule has 3 rings (SSSR count). The molecule has 29 heavy (non-hydrogen) atoms. The Hall–Kier alpha value is -2.60. The molecule has 0 spiro atoms. The van der Waals surface area contributed by atoms with Crippen molar-refractivity contribution in [1.82, 2.24) is 10.2 Å². The SMILES string of the molecule is Cc1cccc(Nc2nnc(SCC(O)COc3ccc(CC#N)cc3)s2)c1C. The van der Waals surface area contributed by atoms with Crippen molar-refractivity contribution in [3.05, 3.63) is 59.2 Å². The minimum absolute atomic E-state index is 0.191. The van der Waals surface area contributed by atoms with Gasteiger partial charge in [-0.05, 0) is 48.7 Å². The van der Waals surface area contributed by atoms with Crippen molar-refractivity contribution < 1.29 is 9.84 Å². The summed E-state index contributed by atoms with van der Waals surface area (Å²) >= 11 is 2.91. The van der Waals surface area contributed by atoms with E-state index in [0.29, 0.717) is 17.9 Å². The second kappa shape index (κ2) is 10.3. The standard InChI is InChI=1S/C21H22N4O2S2/c1-14-4-3-5-19(15(14)2)23-20-24-25-21(29-20)28-13-17(26)12-27-18-8-6-16(7-9-18)10-11-22/h3-9,17,26H,10,12-13H2,1-2H3,(H,23,24). The van der Waals surface area contributed by atoms with Gasteiger partial charge in [0.25, 0.3) is 0 Å². The summed E-state index contributed by atoms with van der Waals surface area (Å²) in [6, 6.07) is 15.5. The number of hydrogen-bond acceptors (Lipinski definition) is 8. The number of benzene rings is 2. The molecule has 3 aromatic rings. The predicted octanol–water partition coefficient (Wildman–Crippen LogP) is 4.50. The van der Waals surface area contributed by atoms with Crippen molar-refractivity contribution in [2.75, 3.05) is 17.7 Å². The predicted molar refractivity (Wildman–Crippen MR) is 117 cm³/mol. The molecular formula is C21H22N4O2S2. The maximum absolute atomic E-state index is 10.2. The zero-order valence-electron chi connectivity index (χ0n) is 16.3. The highest BCUT2D eigenvalue weighted by Crippen LogP contribution is 2.29.